The number of thiazole rings is 1. The van der Waals surface area contributed by atoms with Gasteiger partial charge < -0.3 is 15.5 Å². The van der Waals surface area contributed by atoms with Crippen LogP contribution in [0.25, 0.3) is 21.8 Å². The van der Waals surface area contributed by atoms with Gasteiger partial charge in [-0.05, 0) is 43.2 Å². The fourth-order valence-corrected chi connectivity index (χ4v) is 5.33. The van der Waals surface area contributed by atoms with Gasteiger partial charge in [0.15, 0.2) is 0 Å². The lowest BCUT2D eigenvalue weighted by Crippen LogP contribution is -2.44. The minimum Gasteiger partial charge on any atom is -0.387 e. The molecule has 148 valence electrons. The monoisotopic (exact) mass is 413 g/mol. The fraction of sp³-hybridized carbons (Fsp3) is 0.227. The molecule has 2 N–H and O–H groups in total. The molecule has 0 saturated carbocycles. The van der Waals surface area contributed by atoms with Crippen LogP contribution in [0.5, 0.6) is 0 Å². The van der Waals surface area contributed by atoms with Crippen molar-refractivity contribution in [3.63, 3.8) is 0 Å². The Kier molecular flexibility index (Phi) is 3.73. The molecular formula is C22H19N7S. The maximum atomic E-state index is 10.0. The normalized spacial score (nSPS) is 17.8. The van der Waals surface area contributed by atoms with Crippen molar-refractivity contribution < 1.29 is 0 Å². The second-order valence-electron chi connectivity index (χ2n) is 7.68. The summed E-state index contributed by atoms with van der Waals surface area (Å²) in [5, 5.41) is 21.7. The van der Waals surface area contributed by atoms with Crippen LogP contribution >= 0.6 is 11.3 Å². The summed E-state index contributed by atoms with van der Waals surface area (Å²) < 4.78 is 2.96. The van der Waals surface area contributed by atoms with Gasteiger partial charge in [-0.25, -0.2) is 9.50 Å². The highest BCUT2D eigenvalue weighted by molar-refractivity contribution is 7.16. The lowest BCUT2D eigenvalue weighted by molar-refractivity contribution is 0.508. The van der Waals surface area contributed by atoms with Crippen molar-refractivity contribution in [2.75, 3.05) is 23.8 Å². The largest absolute Gasteiger partial charge is 0.387 e. The van der Waals surface area contributed by atoms with E-state index in [9.17, 15) is 5.26 Å². The number of nitrogens with zero attached hydrogens (tertiary/aromatic N) is 5. The first-order chi connectivity index (χ1) is 14.7. The Morgan fingerprint density at radius 3 is 3.17 bits per heavy atom. The van der Waals surface area contributed by atoms with Gasteiger partial charge in [0.2, 0.25) is 0 Å². The maximum Gasteiger partial charge on any atom is 0.142 e. The molecule has 6 rings (SSSR count). The van der Waals surface area contributed by atoms with Crippen LogP contribution < -0.4 is 15.5 Å². The molecule has 0 spiro atoms. The molecule has 1 fully saturated rings. The highest BCUT2D eigenvalue weighted by atomic mass is 32.1. The molecule has 0 unspecified atom stereocenters. The summed E-state index contributed by atoms with van der Waals surface area (Å²) in [6.45, 7) is 0.978. The van der Waals surface area contributed by atoms with E-state index in [1.54, 1.807) is 17.5 Å². The molecule has 4 aromatic rings. The molecule has 8 heteroatoms. The molecule has 0 amide bonds. The predicted octanol–water partition coefficient (Wildman–Crippen LogP) is 4.10. The van der Waals surface area contributed by atoms with Gasteiger partial charge in [-0.2, -0.15) is 10.4 Å². The van der Waals surface area contributed by atoms with Gasteiger partial charge in [-0.15, -0.1) is 11.3 Å². The van der Waals surface area contributed by atoms with E-state index in [4.69, 9.17) is 0 Å². The van der Waals surface area contributed by atoms with E-state index in [2.05, 4.69) is 50.9 Å². The minimum atomic E-state index is 0.269. The van der Waals surface area contributed by atoms with Gasteiger partial charge in [0.1, 0.15) is 17.5 Å². The number of nitrogens with one attached hydrogen (secondary N) is 2. The Morgan fingerprint density at radius 2 is 2.27 bits per heavy atom. The molecule has 30 heavy (non-hydrogen) atoms. The maximum absolute atomic E-state index is 10.0. The molecule has 2 aliphatic rings. The number of likely N-dealkylation sites (N-methyl/N-ethyl adjacent to an activating group) is 1. The third-order valence-corrected chi connectivity index (χ3v) is 6.82. The molecule has 3 aromatic heterocycles. The SMILES string of the molecule is CN1c2c(c(Nc3ccc4ncsc4c3)n3nccc3c2C#N)C=C2NCCC[C@@H]21. The summed E-state index contributed by atoms with van der Waals surface area (Å²) in [7, 11) is 2.09. The number of benzene rings is 1. The van der Waals surface area contributed by atoms with Crippen molar-refractivity contribution in [1.82, 2.24) is 19.9 Å². The molecule has 1 saturated heterocycles. The van der Waals surface area contributed by atoms with Crippen LogP contribution in [-0.4, -0.2) is 34.2 Å². The third-order valence-electron chi connectivity index (χ3n) is 6.03. The van der Waals surface area contributed by atoms with Crippen molar-refractivity contribution in [3.8, 4) is 6.07 Å². The van der Waals surface area contributed by atoms with Gasteiger partial charge in [-0.3, -0.25) is 0 Å². The van der Waals surface area contributed by atoms with E-state index < -0.39 is 0 Å². The van der Waals surface area contributed by atoms with Crippen LogP contribution in [0.3, 0.4) is 0 Å². The lowest BCUT2D eigenvalue weighted by Gasteiger charge is -2.40. The summed E-state index contributed by atoms with van der Waals surface area (Å²) in [6.07, 6.45) is 6.14. The number of anilines is 3. The molecule has 1 atom stereocenters. The molecule has 2 aliphatic heterocycles. The number of hydrogen-bond acceptors (Lipinski definition) is 7. The Morgan fingerprint density at radius 1 is 1.33 bits per heavy atom. The molecule has 0 radical (unpaired) electrons. The van der Waals surface area contributed by atoms with E-state index in [1.807, 2.05) is 28.2 Å². The van der Waals surface area contributed by atoms with Crippen LogP contribution in [0.2, 0.25) is 0 Å². The average Bonchev–Trinajstić information content (AvgIpc) is 3.43. The Labute approximate surface area is 177 Å². The summed E-state index contributed by atoms with van der Waals surface area (Å²) in [5.41, 5.74) is 8.44. The first-order valence-corrected chi connectivity index (χ1v) is 10.8. The second-order valence-corrected chi connectivity index (χ2v) is 8.57. The van der Waals surface area contributed by atoms with Gasteiger partial charge >= 0.3 is 0 Å². The zero-order valence-corrected chi connectivity index (χ0v) is 17.2. The van der Waals surface area contributed by atoms with Crippen LogP contribution in [0, 0.1) is 11.3 Å². The van der Waals surface area contributed by atoms with Crippen LogP contribution in [-0.2, 0) is 0 Å². The van der Waals surface area contributed by atoms with E-state index >= 15 is 0 Å². The smallest absolute Gasteiger partial charge is 0.142 e. The molecule has 7 nitrogen and oxygen atoms in total. The van der Waals surface area contributed by atoms with E-state index in [0.717, 1.165) is 57.9 Å². The van der Waals surface area contributed by atoms with E-state index in [0.29, 0.717) is 5.56 Å². The number of piperidine rings is 1. The van der Waals surface area contributed by atoms with Crippen LogP contribution in [0.4, 0.5) is 17.2 Å². The number of nitriles is 1. The first kappa shape index (κ1) is 17.3. The van der Waals surface area contributed by atoms with Crippen molar-refractivity contribution in [1.29, 1.82) is 5.26 Å². The predicted molar refractivity (Wildman–Crippen MR) is 120 cm³/mol. The Hall–Kier alpha value is -3.57. The standard InChI is InChI=1S/C22H19N7S/c1-28-19-3-2-7-24-17(19)10-14-21(28)15(11-23)18-6-8-26-29(18)22(14)27-13-4-5-16-20(9-13)30-12-25-16/h4-6,8-10,12,19,24,27H,2-3,7H2,1H3/t19-/m0/s1. The molecule has 0 bridgehead atoms. The first-order valence-electron chi connectivity index (χ1n) is 9.97. The summed E-state index contributed by atoms with van der Waals surface area (Å²) >= 11 is 1.62. The number of aromatic nitrogens is 3. The topological polar surface area (TPSA) is 81.3 Å². The van der Waals surface area contributed by atoms with Gasteiger partial charge in [0.25, 0.3) is 0 Å². The van der Waals surface area contributed by atoms with E-state index in [-0.39, 0.29) is 6.04 Å². The Balaban J connectivity index is 1.60. The molecule has 0 aliphatic carbocycles. The van der Waals surface area contributed by atoms with Gasteiger partial charge in [0, 0.05) is 30.5 Å². The number of hydrogen-bond donors (Lipinski definition) is 2. The van der Waals surface area contributed by atoms with E-state index in [1.165, 1.54) is 5.70 Å². The Bertz CT molecular complexity index is 1370. The fourth-order valence-electron chi connectivity index (χ4n) is 4.62. The molecule has 5 heterocycles. The zero-order valence-electron chi connectivity index (χ0n) is 16.4. The summed E-state index contributed by atoms with van der Waals surface area (Å²) in [6, 6.07) is 10.8. The van der Waals surface area contributed by atoms with Crippen LogP contribution in [0.1, 0.15) is 24.0 Å². The zero-order chi connectivity index (χ0) is 20.2. The quantitative estimate of drug-likeness (QED) is 0.515. The third kappa shape index (κ3) is 2.42. The summed E-state index contributed by atoms with van der Waals surface area (Å²) in [5.74, 6) is 0.859. The van der Waals surface area contributed by atoms with Gasteiger partial charge in [0.05, 0.1) is 39.2 Å². The second kappa shape index (κ2) is 6.47. The highest BCUT2D eigenvalue weighted by Gasteiger charge is 2.33. The highest BCUT2D eigenvalue weighted by Crippen LogP contribution is 2.42. The van der Waals surface area contributed by atoms with Crippen molar-refractivity contribution in [2.45, 2.75) is 18.9 Å². The van der Waals surface area contributed by atoms with Crippen LogP contribution in [0.15, 0.2) is 41.7 Å². The minimum absolute atomic E-state index is 0.269. The number of fused-ring (bicyclic) bond motifs is 4. The van der Waals surface area contributed by atoms with Crippen molar-refractivity contribution in [3.05, 3.63) is 52.8 Å². The molecule has 1 aromatic carbocycles. The number of rotatable bonds is 2. The van der Waals surface area contributed by atoms with Crippen molar-refractivity contribution >= 4 is 50.3 Å². The van der Waals surface area contributed by atoms with Crippen molar-refractivity contribution in [2.24, 2.45) is 0 Å². The van der Waals surface area contributed by atoms with Gasteiger partial charge in [-0.1, -0.05) is 0 Å². The average molecular weight is 414 g/mol. The number of pyridine rings is 1. The summed E-state index contributed by atoms with van der Waals surface area (Å²) in [4.78, 5) is 6.62. The lowest BCUT2D eigenvalue weighted by atomic mass is 9.92. The molecular weight excluding hydrogens is 394 g/mol.